The van der Waals surface area contributed by atoms with Crippen molar-refractivity contribution in [1.29, 1.82) is 0 Å². The number of aromatic nitrogens is 1. The summed E-state index contributed by atoms with van der Waals surface area (Å²) in [5, 5.41) is 1.16. The van der Waals surface area contributed by atoms with E-state index in [-0.39, 0.29) is 6.04 Å². The number of hydrogen-bond acceptors (Lipinski definition) is 4. The van der Waals surface area contributed by atoms with Crippen LogP contribution in [-0.2, 0) is 0 Å². The summed E-state index contributed by atoms with van der Waals surface area (Å²) < 4.78 is 0. The normalized spacial score (nSPS) is 12.8. The molecule has 0 spiro atoms. The molecule has 0 saturated heterocycles. The average molecular weight is 261 g/mol. The minimum absolute atomic E-state index is 0.165. The Morgan fingerprint density at radius 3 is 3.00 bits per heavy atom. The maximum Gasteiger partial charge on any atom is 0.0702 e. The molecule has 1 aromatic heterocycles. The minimum Gasteiger partial charge on any atom is -0.271 e. The van der Waals surface area contributed by atoms with E-state index in [0.29, 0.717) is 0 Å². The van der Waals surface area contributed by atoms with Crippen LogP contribution in [-0.4, -0.2) is 16.5 Å². The predicted molar refractivity (Wildman–Crippen MR) is 79.4 cm³/mol. The molecule has 0 radical (unpaired) electrons. The van der Waals surface area contributed by atoms with E-state index in [1.165, 1.54) is 12.2 Å². The van der Waals surface area contributed by atoms with E-state index >= 15 is 0 Å². The Morgan fingerprint density at radius 1 is 1.39 bits per heavy atom. The number of nitrogens with one attached hydrogen (secondary N) is 1. The van der Waals surface area contributed by atoms with Crippen LogP contribution in [0.4, 0.5) is 0 Å². The van der Waals surface area contributed by atoms with Crippen LogP contribution < -0.4 is 11.3 Å². The molecule has 1 heterocycles. The van der Waals surface area contributed by atoms with Gasteiger partial charge in [0, 0.05) is 17.3 Å². The van der Waals surface area contributed by atoms with Gasteiger partial charge in [-0.1, -0.05) is 25.1 Å². The van der Waals surface area contributed by atoms with Crippen LogP contribution in [0.2, 0.25) is 0 Å². The Balaban J connectivity index is 2.17. The van der Waals surface area contributed by atoms with Crippen molar-refractivity contribution in [2.75, 3.05) is 11.5 Å². The van der Waals surface area contributed by atoms with Crippen LogP contribution >= 0.6 is 11.8 Å². The zero-order valence-electron chi connectivity index (χ0n) is 10.6. The number of thioether (sulfide) groups is 1. The second kappa shape index (κ2) is 6.73. The maximum absolute atomic E-state index is 5.64. The van der Waals surface area contributed by atoms with E-state index in [4.69, 9.17) is 5.84 Å². The minimum atomic E-state index is 0.165. The molecule has 0 aliphatic carbocycles. The average Bonchev–Trinajstić information content (AvgIpc) is 2.43. The third-order valence-electron chi connectivity index (χ3n) is 2.85. The molecule has 0 amide bonds. The van der Waals surface area contributed by atoms with E-state index in [2.05, 4.69) is 29.5 Å². The third-order valence-corrected chi connectivity index (χ3v) is 4.11. The molecule has 4 heteroatoms. The fourth-order valence-corrected chi connectivity index (χ4v) is 2.84. The van der Waals surface area contributed by atoms with Crippen LogP contribution in [0.5, 0.6) is 0 Å². The van der Waals surface area contributed by atoms with Crippen LogP contribution in [0.15, 0.2) is 36.5 Å². The van der Waals surface area contributed by atoms with Gasteiger partial charge in [-0.3, -0.25) is 16.3 Å². The topological polar surface area (TPSA) is 50.9 Å². The molecule has 0 bridgehead atoms. The second-order valence-corrected chi connectivity index (χ2v) is 5.41. The van der Waals surface area contributed by atoms with Gasteiger partial charge in [0.25, 0.3) is 0 Å². The van der Waals surface area contributed by atoms with Gasteiger partial charge in [-0.2, -0.15) is 11.8 Å². The van der Waals surface area contributed by atoms with Crippen molar-refractivity contribution in [1.82, 2.24) is 10.4 Å². The van der Waals surface area contributed by atoms with E-state index in [0.717, 1.165) is 22.2 Å². The summed E-state index contributed by atoms with van der Waals surface area (Å²) >= 11 is 1.92. The first kappa shape index (κ1) is 13.3. The number of rotatable bonds is 6. The summed E-state index contributed by atoms with van der Waals surface area (Å²) in [4.78, 5) is 4.47. The Bertz CT molecular complexity index is 501. The molecule has 0 fully saturated rings. The first-order valence-corrected chi connectivity index (χ1v) is 7.39. The molecule has 1 unspecified atom stereocenters. The summed E-state index contributed by atoms with van der Waals surface area (Å²) in [6, 6.07) is 10.5. The largest absolute Gasteiger partial charge is 0.271 e. The van der Waals surface area contributed by atoms with Gasteiger partial charge in [0.05, 0.1) is 11.6 Å². The van der Waals surface area contributed by atoms with Crippen molar-refractivity contribution in [3.63, 3.8) is 0 Å². The van der Waals surface area contributed by atoms with Crippen LogP contribution in [0.3, 0.4) is 0 Å². The van der Waals surface area contributed by atoms with Crippen LogP contribution in [0.1, 0.15) is 24.9 Å². The molecule has 1 aromatic carbocycles. The summed E-state index contributed by atoms with van der Waals surface area (Å²) in [5.41, 5.74) is 5.06. The molecule has 3 nitrogen and oxygen atoms in total. The Labute approximate surface area is 112 Å². The number of nitrogens with two attached hydrogens (primary N) is 1. The van der Waals surface area contributed by atoms with Crippen LogP contribution in [0.25, 0.3) is 10.9 Å². The number of nitrogens with zero attached hydrogens (tertiary/aromatic N) is 1. The third kappa shape index (κ3) is 3.22. The van der Waals surface area contributed by atoms with E-state index in [1.807, 2.05) is 36.2 Å². The Hall–Kier alpha value is -1.10. The van der Waals surface area contributed by atoms with Crippen molar-refractivity contribution < 1.29 is 0 Å². The summed E-state index contributed by atoms with van der Waals surface area (Å²) in [6.07, 6.45) is 3.11. The fraction of sp³-hybridized carbons (Fsp3) is 0.357. The lowest BCUT2D eigenvalue weighted by Crippen LogP contribution is -2.29. The summed E-state index contributed by atoms with van der Waals surface area (Å²) in [7, 11) is 0. The lowest BCUT2D eigenvalue weighted by molar-refractivity contribution is 0.609. The number of hydrogen-bond donors (Lipinski definition) is 2. The van der Waals surface area contributed by atoms with E-state index in [9.17, 15) is 0 Å². The molecule has 2 rings (SSSR count). The van der Waals surface area contributed by atoms with Crippen LogP contribution in [0, 0.1) is 0 Å². The van der Waals surface area contributed by atoms with Crippen molar-refractivity contribution in [2.24, 2.45) is 5.84 Å². The molecule has 1 atom stereocenters. The smallest absolute Gasteiger partial charge is 0.0702 e. The summed E-state index contributed by atoms with van der Waals surface area (Å²) in [5.74, 6) is 7.78. The van der Waals surface area contributed by atoms with Gasteiger partial charge in [-0.25, -0.2) is 0 Å². The quantitative estimate of drug-likeness (QED) is 0.477. The van der Waals surface area contributed by atoms with Gasteiger partial charge in [0.1, 0.15) is 0 Å². The summed E-state index contributed by atoms with van der Waals surface area (Å²) in [6.45, 7) is 2.19. The monoisotopic (exact) mass is 261 g/mol. The highest BCUT2D eigenvalue weighted by Crippen LogP contribution is 2.21. The second-order valence-electron chi connectivity index (χ2n) is 4.26. The standard InChI is InChI=1S/C14H19N3S/c1-2-7-18-10-14(17-15)12-8-11-5-3-4-6-13(11)16-9-12/h3-6,8-9,14,17H,2,7,10,15H2,1H3. The first-order chi connectivity index (χ1) is 8.85. The molecule has 18 heavy (non-hydrogen) atoms. The number of benzene rings is 1. The van der Waals surface area contributed by atoms with Crippen molar-refractivity contribution >= 4 is 22.7 Å². The molecule has 0 saturated carbocycles. The van der Waals surface area contributed by atoms with Crippen molar-refractivity contribution in [3.8, 4) is 0 Å². The van der Waals surface area contributed by atoms with Gasteiger partial charge < -0.3 is 0 Å². The molecule has 2 aromatic rings. The SMILES string of the molecule is CCCSCC(NN)c1cnc2ccccc2c1. The molecular weight excluding hydrogens is 242 g/mol. The lowest BCUT2D eigenvalue weighted by atomic mass is 10.1. The first-order valence-electron chi connectivity index (χ1n) is 6.23. The van der Waals surface area contributed by atoms with Crippen molar-refractivity contribution in [3.05, 3.63) is 42.1 Å². The fourth-order valence-electron chi connectivity index (χ4n) is 1.86. The van der Waals surface area contributed by atoms with Gasteiger partial charge in [0.2, 0.25) is 0 Å². The maximum atomic E-state index is 5.64. The zero-order chi connectivity index (χ0) is 12.8. The van der Waals surface area contributed by atoms with Gasteiger partial charge in [-0.05, 0) is 29.9 Å². The molecule has 96 valence electrons. The number of hydrazine groups is 1. The lowest BCUT2D eigenvalue weighted by Gasteiger charge is -2.16. The number of pyridine rings is 1. The molecular formula is C14H19N3S. The Morgan fingerprint density at radius 2 is 2.22 bits per heavy atom. The highest BCUT2D eigenvalue weighted by atomic mass is 32.2. The predicted octanol–water partition coefficient (Wildman–Crippen LogP) is 2.88. The highest BCUT2D eigenvalue weighted by molar-refractivity contribution is 7.99. The molecule has 3 N–H and O–H groups in total. The highest BCUT2D eigenvalue weighted by Gasteiger charge is 2.10. The zero-order valence-corrected chi connectivity index (χ0v) is 11.4. The number of para-hydroxylation sites is 1. The van der Waals surface area contributed by atoms with Gasteiger partial charge >= 0.3 is 0 Å². The van der Waals surface area contributed by atoms with Gasteiger partial charge in [0.15, 0.2) is 0 Å². The molecule has 0 aliphatic rings. The van der Waals surface area contributed by atoms with E-state index < -0.39 is 0 Å². The van der Waals surface area contributed by atoms with E-state index in [1.54, 1.807) is 0 Å². The number of fused-ring (bicyclic) bond motifs is 1. The van der Waals surface area contributed by atoms with Crippen molar-refractivity contribution in [2.45, 2.75) is 19.4 Å². The van der Waals surface area contributed by atoms with Gasteiger partial charge in [-0.15, -0.1) is 0 Å². The Kier molecular flexibility index (Phi) is 4.99. The molecule has 0 aliphatic heterocycles.